The van der Waals surface area contributed by atoms with Crippen molar-refractivity contribution in [3.63, 3.8) is 0 Å². The van der Waals surface area contributed by atoms with Crippen LogP contribution in [0.25, 0.3) is 0 Å². The smallest absolute Gasteiger partial charge is 0.223 e. The normalized spacial score (nSPS) is 17.9. The molecule has 0 amide bonds. The van der Waals surface area contributed by atoms with E-state index in [1.807, 2.05) is 0 Å². The molecule has 1 aliphatic rings. The lowest BCUT2D eigenvalue weighted by Gasteiger charge is -2.40. The second kappa shape index (κ2) is 4.43. The fourth-order valence-corrected chi connectivity index (χ4v) is 1.99. The molecular weight excluding hydrogens is 228 g/mol. The van der Waals surface area contributed by atoms with Gasteiger partial charge in [-0.25, -0.2) is 4.98 Å². The van der Waals surface area contributed by atoms with E-state index in [0.717, 1.165) is 19.4 Å². The fourth-order valence-electron chi connectivity index (χ4n) is 1.80. The minimum absolute atomic E-state index is 0.0494. The second-order valence-electron chi connectivity index (χ2n) is 4.03. The monoisotopic (exact) mass is 242 g/mol. The molecule has 0 atom stereocenters. The molecule has 6 heteroatoms. The lowest BCUT2D eigenvalue weighted by atomic mass is 9.80. The van der Waals surface area contributed by atoms with Crippen LogP contribution in [0.2, 0.25) is 5.15 Å². The maximum absolute atomic E-state index is 5.78. The van der Waals surface area contributed by atoms with Crippen molar-refractivity contribution in [2.24, 2.45) is 0 Å². The van der Waals surface area contributed by atoms with Crippen molar-refractivity contribution >= 4 is 23.4 Å². The minimum atomic E-state index is -0.0494. The van der Waals surface area contributed by atoms with Crippen molar-refractivity contribution in [2.45, 2.75) is 24.9 Å². The standard InChI is InChI=1S/C10H15ClN4O/c1-16-10(3-2-4-10)6-13-8-5-7(11)14-9(12)15-8/h5H,2-4,6H2,1H3,(H3,12,13,14,15). The molecule has 1 heterocycles. The van der Waals surface area contributed by atoms with Crippen LogP contribution in [0.5, 0.6) is 0 Å². The van der Waals surface area contributed by atoms with Gasteiger partial charge in [-0.3, -0.25) is 0 Å². The number of nitrogens with one attached hydrogen (secondary N) is 1. The molecule has 2 rings (SSSR count). The number of nitrogens with zero attached hydrogens (tertiary/aromatic N) is 2. The van der Waals surface area contributed by atoms with Crippen LogP contribution in [0.1, 0.15) is 19.3 Å². The predicted molar refractivity (Wildman–Crippen MR) is 63.5 cm³/mol. The highest BCUT2D eigenvalue weighted by Crippen LogP contribution is 2.35. The first kappa shape index (κ1) is 11.4. The molecule has 0 bridgehead atoms. The Bertz CT molecular complexity index is 355. The number of methoxy groups -OCH3 is 1. The minimum Gasteiger partial charge on any atom is -0.376 e. The molecule has 88 valence electrons. The van der Waals surface area contributed by atoms with E-state index in [0.29, 0.717) is 11.0 Å². The van der Waals surface area contributed by atoms with Crippen LogP contribution in [0.4, 0.5) is 11.8 Å². The summed E-state index contributed by atoms with van der Waals surface area (Å²) in [4.78, 5) is 7.84. The van der Waals surface area contributed by atoms with Gasteiger partial charge in [-0.2, -0.15) is 4.98 Å². The van der Waals surface area contributed by atoms with Crippen molar-refractivity contribution in [2.75, 3.05) is 24.7 Å². The number of anilines is 2. The molecular formula is C10H15ClN4O. The summed E-state index contributed by atoms with van der Waals surface area (Å²) in [5, 5.41) is 3.52. The van der Waals surface area contributed by atoms with Crippen LogP contribution in [-0.4, -0.2) is 29.2 Å². The Kier molecular flexibility index (Phi) is 3.16. The summed E-state index contributed by atoms with van der Waals surface area (Å²) in [5.74, 6) is 0.816. The maximum Gasteiger partial charge on any atom is 0.223 e. The number of hydrogen-bond acceptors (Lipinski definition) is 5. The van der Waals surface area contributed by atoms with Crippen LogP contribution in [0, 0.1) is 0 Å². The Morgan fingerprint density at radius 1 is 1.56 bits per heavy atom. The average Bonchev–Trinajstić information content (AvgIpc) is 2.15. The van der Waals surface area contributed by atoms with Crippen molar-refractivity contribution in [3.05, 3.63) is 11.2 Å². The summed E-state index contributed by atoms with van der Waals surface area (Å²) in [6.07, 6.45) is 3.36. The number of nitrogen functional groups attached to an aromatic ring is 1. The van der Waals surface area contributed by atoms with Gasteiger partial charge in [0.25, 0.3) is 0 Å². The molecule has 0 aromatic carbocycles. The first-order valence-corrected chi connectivity index (χ1v) is 5.60. The summed E-state index contributed by atoms with van der Waals surface area (Å²) in [7, 11) is 1.74. The molecule has 0 spiro atoms. The zero-order valence-electron chi connectivity index (χ0n) is 9.16. The van der Waals surface area contributed by atoms with Gasteiger partial charge in [0.15, 0.2) is 0 Å². The Hall–Kier alpha value is -1.07. The summed E-state index contributed by atoms with van der Waals surface area (Å²) in [6.45, 7) is 0.719. The molecule has 5 nitrogen and oxygen atoms in total. The van der Waals surface area contributed by atoms with E-state index in [-0.39, 0.29) is 11.5 Å². The van der Waals surface area contributed by atoms with Crippen molar-refractivity contribution in [1.82, 2.24) is 9.97 Å². The highest BCUT2D eigenvalue weighted by molar-refractivity contribution is 6.29. The van der Waals surface area contributed by atoms with E-state index >= 15 is 0 Å². The van der Waals surface area contributed by atoms with Gasteiger partial charge in [0, 0.05) is 19.7 Å². The number of ether oxygens (including phenoxy) is 1. The molecule has 1 saturated carbocycles. The predicted octanol–water partition coefficient (Wildman–Crippen LogP) is 1.69. The zero-order chi connectivity index (χ0) is 11.6. The van der Waals surface area contributed by atoms with E-state index in [9.17, 15) is 0 Å². The first-order chi connectivity index (χ1) is 7.63. The van der Waals surface area contributed by atoms with Gasteiger partial charge >= 0.3 is 0 Å². The van der Waals surface area contributed by atoms with E-state index in [2.05, 4.69) is 15.3 Å². The number of aromatic nitrogens is 2. The lowest BCUT2D eigenvalue weighted by Crippen LogP contribution is -2.45. The Labute approximate surface area is 99.4 Å². The molecule has 1 aliphatic carbocycles. The third-order valence-corrected chi connectivity index (χ3v) is 3.20. The third kappa shape index (κ3) is 2.36. The van der Waals surface area contributed by atoms with E-state index < -0.39 is 0 Å². The van der Waals surface area contributed by atoms with Crippen LogP contribution in [0.3, 0.4) is 0 Å². The van der Waals surface area contributed by atoms with Crippen LogP contribution in [0.15, 0.2) is 6.07 Å². The second-order valence-corrected chi connectivity index (χ2v) is 4.42. The third-order valence-electron chi connectivity index (χ3n) is 3.00. The molecule has 16 heavy (non-hydrogen) atoms. The van der Waals surface area contributed by atoms with Crippen LogP contribution < -0.4 is 11.1 Å². The SMILES string of the molecule is COC1(CNc2cc(Cl)nc(N)n2)CCC1. The Morgan fingerprint density at radius 2 is 2.31 bits per heavy atom. The summed E-state index contributed by atoms with van der Waals surface area (Å²) in [5.41, 5.74) is 5.45. The molecule has 1 aromatic rings. The highest BCUT2D eigenvalue weighted by Gasteiger charge is 2.36. The summed E-state index contributed by atoms with van der Waals surface area (Å²) in [6, 6.07) is 1.65. The largest absolute Gasteiger partial charge is 0.376 e. The molecule has 0 radical (unpaired) electrons. The number of halogens is 1. The van der Waals surface area contributed by atoms with Gasteiger partial charge in [0.05, 0.1) is 5.60 Å². The van der Waals surface area contributed by atoms with Crippen molar-refractivity contribution in [1.29, 1.82) is 0 Å². The van der Waals surface area contributed by atoms with Gasteiger partial charge in [0.2, 0.25) is 5.95 Å². The molecule has 0 unspecified atom stereocenters. The Balaban J connectivity index is 1.98. The van der Waals surface area contributed by atoms with Crippen molar-refractivity contribution in [3.8, 4) is 0 Å². The molecule has 0 aliphatic heterocycles. The first-order valence-electron chi connectivity index (χ1n) is 5.23. The van der Waals surface area contributed by atoms with Crippen molar-refractivity contribution < 1.29 is 4.74 Å². The summed E-state index contributed by atoms with van der Waals surface area (Å²) < 4.78 is 5.49. The molecule has 1 fully saturated rings. The summed E-state index contributed by atoms with van der Waals surface area (Å²) >= 11 is 5.78. The van der Waals surface area contributed by atoms with Gasteiger partial charge in [0.1, 0.15) is 11.0 Å². The zero-order valence-corrected chi connectivity index (χ0v) is 9.92. The van der Waals surface area contributed by atoms with Crippen LogP contribution in [-0.2, 0) is 4.74 Å². The van der Waals surface area contributed by atoms with Gasteiger partial charge in [-0.05, 0) is 19.3 Å². The topological polar surface area (TPSA) is 73.1 Å². The fraction of sp³-hybridized carbons (Fsp3) is 0.600. The number of hydrogen-bond donors (Lipinski definition) is 2. The van der Waals surface area contributed by atoms with Gasteiger partial charge in [-0.1, -0.05) is 11.6 Å². The van der Waals surface area contributed by atoms with Crippen LogP contribution >= 0.6 is 11.6 Å². The highest BCUT2D eigenvalue weighted by atomic mass is 35.5. The van der Waals surface area contributed by atoms with E-state index in [1.165, 1.54) is 6.42 Å². The lowest BCUT2D eigenvalue weighted by molar-refractivity contribution is -0.0601. The number of nitrogens with two attached hydrogens (primary N) is 1. The molecule has 3 N–H and O–H groups in total. The number of rotatable bonds is 4. The molecule has 0 saturated heterocycles. The quantitative estimate of drug-likeness (QED) is 0.787. The van der Waals surface area contributed by atoms with E-state index in [1.54, 1.807) is 13.2 Å². The van der Waals surface area contributed by atoms with Gasteiger partial charge < -0.3 is 15.8 Å². The van der Waals surface area contributed by atoms with Gasteiger partial charge in [-0.15, -0.1) is 0 Å². The maximum atomic E-state index is 5.78. The molecule has 1 aromatic heterocycles. The average molecular weight is 243 g/mol. The van der Waals surface area contributed by atoms with E-state index in [4.69, 9.17) is 22.1 Å². The Morgan fingerprint density at radius 3 is 2.81 bits per heavy atom.